The summed E-state index contributed by atoms with van der Waals surface area (Å²) < 4.78 is 5.73. The fourth-order valence-corrected chi connectivity index (χ4v) is 3.04. The topological polar surface area (TPSA) is 47.3 Å². The molecule has 104 valence electrons. The van der Waals surface area contributed by atoms with E-state index in [2.05, 4.69) is 35.8 Å². The summed E-state index contributed by atoms with van der Waals surface area (Å²) in [6.07, 6.45) is 1.06. The number of benzene rings is 2. The summed E-state index contributed by atoms with van der Waals surface area (Å²) in [5.41, 5.74) is 6.93. The summed E-state index contributed by atoms with van der Waals surface area (Å²) in [4.78, 5) is 0. The number of hydrogen-bond acceptors (Lipinski definition) is 3. The van der Waals surface area contributed by atoms with Gasteiger partial charge in [0.1, 0.15) is 5.75 Å². The summed E-state index contributed by atoms with van der Waals surface area (Å²) in [7, 11) is 0. The number of ether oxygens (including phenoxy) is 1. The molecular formula is C17H20N2O. The number of hydrazine groups is 1. The van der Waals surface area contributed by atoms with E-state index in [9.17, 15) is 0 Å². The molecule has 0 bridgehead atoms. The number of fused-ring (bicyclic) bond motifs is 1. The molecule has 0 fully saturated rings. The highest BCUT2D eigenvalue weighted by atomic mass is 16.5. The Morgan fingerprint density at radius 3 is 2.70 bits per heavy atom. The van der Waals surface area contributed by atoms with Crippen LogP contribution in [0.3, 0.4) is 0 Å². The van der Waals surface area contributed by atoms with E-state index in [1.54, 1.807) is 0 Å². The van der Waals surface area contributed by atoms with Gasteiger partial charge in [0.05, 0.1) is 12.6 Å². The number of hydrogen-bond donors (Lipinski definition) is 2. The van der Waals surface area contributed by atoms with E-state index in [1.807, 2.05) is 25.1 Å². The Hall–Kier alpha value is -1.84. The average Bonchev–Trinajstić information content (AvgIpc) is 2.46. The van der Waals surface area contributed by atoms with E-state index in [0.717, 1.165) is 17.7 Å². The van der Waals surface area contributed by atoms with Gasteiger partial charge >= 0.3 is 0 Å². The summed E-state index contributed by atoms with van der Waals surface area (Å²) in [5.74, 6) is 7.17. The highest BCUT2D eigenvalue weighted by molar-refractivity contribution is 5.46. The van der Waals surface area contributed by atoms with Crippen LogP contribution in [0.2, 0.25) is 0 Å². The van der Waals surface area contributed by atoms with Crippen molar-refractivity contribution < 1.29 is 4.74 Å². The molecule has 2 unspecified atom stereocenters. The molecule has 0 aliphatic heterocycles. The fraction of sp³-hybridized carbons (Fsp3) is 0.294. The second-order valence-electron chi connectivity index (χ2n) is 5.12. The Morgan fingerprint density at radius 2 is 1.95 bits per heavy atom. The van der Waals surface area contributed by atoms with Gasteiger partial charge in [0.15, 0.2) is 0 Å². The monoisotopic (exact) mass is 268 g/mol. The van der Waals surface area contributed by atoms with Gasteiger partial charge in [-0.1, -0.05) is 42.5 Å². The van der Waals surface area contributed by atoms with Crippen LogP contribution in [-0.4, -0.2) is 6.61 Å². The predicted octanol–water partition coefficient (Wildman–Crippen LogP) is 2.93. The highest BCUT2D eigenvalue weighted by Crippen LogP contribution is 2.44. The maximum absolute atomic E-state index is 5.83. The van der Waals surface area contributed by atoms with Crippen LogP contribution < -0.4 is 16.0 Å². The van der Waals surface area contributed by atoms with Crippen LogP contribution in [0.4, 0.5) is 0 Å². The van der Waals surface area contributed by atoms with Crippen molar-refractivity contribution in [2.45, 2.75) is 25.3 Å². The molecule has 0 radical (unpaired) electrons. The molecule has 3 N–H and O–H groups in total. The first-order valence-corrected chi connectivity index (χ1v) is 7.10. The van der Waals surface area contributed by atoms with Crippen LogP contribution in [0.1, 0.15) is 35.6 Å². The molecule has 0 amide bonds. The summed E-state index contributed by atoms with van der Waals surface area (Å²) >= 11 is 0. The van der Waals surface area contributed by atoms with Crippen LogP contribution in [0.5, 0.6) is 5.75 Å². The van der Waals surface area contributed by atoms with Gasteiger partial charge in [0.2, 0.25) is 0 Å². The Kier molecular flexibility index (Phi) is 3.72. The normalized spacial score (nSPS) is 18.0. The summed E-state index contributed by atoms with van der Waals surface area (Å²) in [5, 5.41) is 0. The van der Waals surface area contributed by atoms with E-state index in [-0.39, 0.29) is 6.04 Å². The molecule has 2 aromatic rings. The van der Waals surface area contributed by atoms with Crippen LogP contribution in [0.15, 0.2) is 48.5 Å². The summed E-state index contributed by atoms with van der Waals surface area (Å²) in [6.45, 7) is 2.66. The number of nitrogens with two attached hydrogens (primary N) is 1. The predicted molar refractivity (Wildman–Crippen MR) is 80.6 cm³/mol. The zero-order valence-corrected chi connectivity index (χ0v) is 11.7. The first-order valence-electron chi connectivity index (χ1n) is 7.10. The lowest BCUT2D eigenvalue weighted by molar-refractivity contribution is 0.323. The van der Waals surface area contributed by atoms with E-state index in [0.29, 0.717) is 12.5 Å². The van der Waals surface area contributed by atoms with Gasteiger partial charge in [-0.05, 0) is 30.5 Å². The quantitative estimate of drug-likeness (QED) is 0.647. The van der Waals surface area contributed by atoms with E-state index in [1.165, 1.54) is 11.1 Å². The van der Waals surface area contributed by atoms with Gasteiger partial charge in [-0.3, -0.25) is 11.3 Å². The minimum atomic E-state index is 0.0904. The molecule has 3 heteroatoms. The van der Waals surface area contributed by atoms with Crippen LogP contribution in [0.25, 0.3) is 0 Å². The van der Waals surface area contributed by atoms with Crippen LogP contribution in [0, 0.1) is 0 Å². The Morgan fingerprint density at radius 1 is 1.20 bits per heavy atom. The third-order valence-corrected chi connectivity index (χ3v) is 4.03. The first kappa shape index (κ1) is 13.2. The van der Waals surface area contributed by atoms with E-state index < -0.39 is 0 Å². The highest BCUT2D eigenvalue weighted by Gasteiger charge is 2.34. The second-order valence-corrected chi connectivity index (χ2v) is 5.12. The number of rotatable bonds is 5. The maximum atomic E-state index is 5.83. The third kappa shape index (κ3) is 2.19. The van der Waals surface area contributed by atoms with Crippen LogP contribution in [-0.2, 0) is 6.42 Å². The molecule has 0 saturated carbocycles. The van der Waals surface area contributed by atoms with Gasteiger partial charge in [0, 0.05) is 11.5 Å². The maximum Gasteiger partial charge on any atom is 0.124 e. The molecule has 2 atom stereocenters. The van der Waals surface area contributed by atoms with Crippen molar-refractivity contribution in [3.63, 3.8) is 0 Å². The van der Waals surface area contributed by atoms with Crippen molar-refractivity contribution in [3.8, 4) is 5.75 Å². The smallest absolute Gasteiger partial charge is 0.124 e. The first-order chi connectivity index (χ1) is 9.85. The Balaban J connectivity index is 1.92. The zero-order valence-electron chi connectivity index (χ0n) is 11.7. The Labute approximate surface area is 119 Å². The largest absolute Gasteiger partial charge is 0.494 e. The zero-order chi connectivity index (χ0) is 13.9. The van der Waals surface area contributed by atoms with Gasteiger partial charge in [0.25, 0.3) is 0 Å². The van der Waals surface area contributed by atoms with Gasteiger partial charge in [-0.25, -0.2) is 0 Å². The molecule has 2 aromatic carbocycles. The lowest BCUT2D eigenvalue weighted by Gasteiger charge is -2.37. The third-order valence-electron chi connectivity index (χ3n) is 4.03. The van der Waals surface area contributed by atoms with Crippen molar-refractivity contribution >= 4 is 0 Å². The molecule has 0 heterocycles. The minimum Gasteiger partial charge on any atom is -0.494 e. The molecule has 3 nitrogen and oxygen atoms in total. The van der Waals surface area contributed by atoms with Crippen molar-refractivity contribution in [3.05, 3.63) is 65.2 Å². The molecule has 20 heavy (non-hydrogen) atoms. The SMILES string of the molecule is CCOc1ccccc1C(NN)C1Cc2ccccc21. The Bertz CT molecular complexity index is 597. The van der Waals surface area contributed by atoms with Crippen molar-refractivity contribution in [1.82, 2.24) is 5.43 Å². The van der Waals surface area contributed by atoms with Gasteiger partial charge < -0.3 is 4.74 Å². The second kappa shape index (κ2) is 5.65. The number of para-hydroxylation sites is 1. The molecular weight excluding hydrogens is 248 g/mol. The minimum absolute atomic E-state index is 0.0904. The fourth-order valence-electron chi connectivity index (χ4n) is 3.04. The molecule has 1 aliphatic rings. The van der Waals surface area contributed by atoms with Crippen molar-refractivity contribution in [2.24, 2.45) is 5.84 Å². The van der Waals surface area contributed by atoms with Gasteiger partial charge in [-0.15, -0.1) is 0 Å². The molecule has 0 spiro atoms. The number of nitrogens with one attached hydrogen (secondary N) is 1. The summed E-state index contributed by atoms with van der Waals surface area (Å²) in [6, 6.07) is 16.8. The van der Waals surface area contributed by atoms with Crippen molar-refractivity contribution in [1.29, 1.82) is 0 Å². The van der Waals surface area contributed by atoms with Crippen LogP contribution >= 0.6 is 0 Å². The molecule has 3 rings (SSSR count). The molecule has 0 saturated heterocycles. The lowest BCUT2D eigenvalue weighted by atomic mass is 9.72. The van der Waals surface area contributed by atoms with E-state index >= 15 is 0 Å². The van der Waals surface area contributed by atoms with E-state index in [4.69, 9.17) is 10.6 Å². The van der Waals surface area contributed by atoms with Gasteiger partial charge in [-0.2, -0.15) is 0 Å². The van der Waals surface area contributed by atoms with Crippen molar-refractivity contribution in [2.75, 3.05) is 6.61 Å². The lowest BCUT2D eigenvalue weighted by Crippen LogP contribution is -2.37. The molecule has 1 aliphatic carbocycles. The molecule has 0 aromatic heterocycles. The standard InChI is InChI=1S/C17H20N2O/c1-2-20-16-10-6-5-9-14(16)17(19-18)15-11-12-7-3-4-8-13(12)15/h3-10,15,17,19H,2,11,18H2,1H3. The average molecular weight is 268 g/mol.